The highest BCUT2D eigenvalue weighted by Crippen LogP contribution is 2.43. The second-order valence-corrected chi connectivity index (χ2v) is 17.2. The number of halogens is 5. The van der Waals surface area contributed by atoms with Crippen molar-refractivity contribution >= 4 is 49.0 Å². The predicted molar refractivity (Wildman–Crippen MR) is 172 cm³/mol. The summed E-state index contributed by atoms with van der Waals surface area (Å²) in [5.74, 6) is -0.239. The lowest BCUT2D eigenvalue weighted by Crippen LogP contribution is -2.38. The molecule has 7 nitrogen and oxygen atoms in total. The fraction of sp³-hybridized carbons (Fsp3) is 0.290. The number of allylic oxidation sites excluding steroid dienone is 1. The molecule has 0 N–H and O–H groups in total. The van der Waals surface area contributed by atoms with E-state index in [1.165, 1.54) is 18.2 Å². The fourth-order valence-corrected chi connectivity index (χ4v) is 6.95. The molecular formula is C31H33ClF4N4O3S2. The number of hydrogen-bond acceptors (Lipinski definition) is 5. The number of rotatable bonds is 6. The third-order valence-corrected chi connectivity index (χ3v) is 10.3. The van der Waals surface area contributed by atoms with E-state index in [2.05, 4.69) is 36.0 Å². The molecule has 5 rings (SSSR count). The summed E-state index contributed by atoms with van der Waals surface area (Å²) in [6, 6.07) is 12.7. The Kier molecular flexibility index (Phi) is 10.2. The zero-order valence-corrected chi connectivity index (χ0v) is 27.7. The van der Waals surface area contributed by atoms with Crippen molar-refractivity contribution in [2.75, 3.05) is 36.2 Å². The minimum absolute atomic E-state index is 0.0320. The number of hydrogen-bond donors (Lipinski definition) is 0. The molecule has 0 amide bonds. The monoisotopic (exact) mass is 684 g/mol. The van der Waals surface area contributed by atoms with Crippen molar-refractivity contribution in [3.05, 3.63) is 94.4 Å². The first-order valence-electron chi connectivity index (χ1n) is 13.7. The van der Waals surface area contributed by atoms with Gasteiger partial charge < -0.3 is 4.74 Å². The first-order chi connectivity index (χ1) is 21.0. The number of nitrogens with zero attached hydrogens (tertiary/aromatic N) is 4. The molecule has 1 aliphatic heterocycles. The van der Waals surface area contributed by atoms with Crippen LogP contribution in [0.3, 0.4) is 0 Å². The Labute approximate surface area is 266 Å². The SMILES string of the molecule is C/C(=C\c1ccc2c(c1)N(S(=O)(=O)c1cccc(C(F)(F)F)c1)CCO2)c1c(F)cccc1Cl.CCn1cc(S(C)(C)C)nn1. The molecule has 45 heavy (non-hydrogen) atoms. The van der Waals surface area contributed by atoms with E-state index in [-0.39, 0.29) is 35.2 Å². The van der Waals surface area contributed by atoms with Gasteiger partial charge in [-0.05, 0) is 86.2 Å². The Hall–Kier alpha value is -3.55. The summed E-state index contributed by atoms with van der Waals surface area (Å²) >= 11 is 6.13. The summed E-state index contributed by atoms with van der Waals surface area (Å²) in [6.07, 6.45) is 5.65. The number of aryl methyl sites for hydroxylation is 1. The normalized spacial score (nSPS) is 14.3. The fourth-order valence-electron chi connectivity index (χ4n) is 4.42. The Morgan fingerprint density at radius 2 is 1.78 bits per heavy atom. The van der Waals surface area contributed by atoms with Gasteiger partial charge in [-0.2, -0.15) is 13.2 Å². The van der Waals surface area contributed by atoms with Gasteiger partial charge in [-0.25, -0.2) is 22.8 Å². The molecule has 0 aliphatic carbocycles. The smallest absolute Gasteiger partial charge is 0.416 e. The molecule has 3 aromatic carbocycles. The Balaban J connectivity index is 0.000000354. The summed E-state index contributed by atoms with van der Waals surface area (Å²) in [6.45, 7) is 4.58. The van der Waals surface area contributed by atoms with Crippen molar-refractivity contribution in [2.24, 2.45) is 0 Å². The number of benzene rings is 3. The number of alkyl halides is 3. The van der Waals surface area contributed by atoms with Gasteiger partial charge in [0, 0.05) is 12.1 Å². The number of fused-ring (bicyclic) bond motifs is 1. The van der Waals surface area contributed by atoms with Crippen molar-refractivity contribution in [3.8, 4) is 5.75 Å². The first-order valence-corrected chi connectivity index (χ1v) is 18.4. The summed E-state index contributed by atoms with van der Waals surface area (Å²) in [5.41, 5.74) is 0.366. The summed E-state index contributed by atoms with van der Waals surface area (Å²) in [5, 5.41) is 9.46. The number of ether oxygens (including phenoxy) is 1. The van der Waals surface area contributed by atoms with Crippen LogP contribution in [0.2, 0.25) is 5.02 Å². The Morgan fingerprint density at radius 1 is 1.07 bits per heavy atom. The van der Waals surface area contributed by atoms with Gasteiger partial charge in [0.1, 0.15) is 23.2 Å². The molecule has 242 valence electrons. The average molecular weight is 685 g/mol. The molecule has 0 unspecified atom stereocenters. The van der Waals surface area contributed by atoms with Crippen molar-refractivity contribution < 1.29 is 30.7 Å². The highest BCUT2D eigenvalue weighted by atomic mass is 35.5. The molecule has 0 spiro atoms. The Morgan fingerprint density at radius 3 is 2.38 bits per heavy atom. The zero-order chi connectivity index (χ0) is 33.2. The molecule has 14 heteroatoms. The molecule has 4 aromatic rings. The highest BCUT2D eigenvalue weighted by Gasteiger charge is 2.34. The summed E-state index contributed by atoms with van der Waals surface area (Å²) in [7, 11) is -5.00. The predicted octanol–water partition coefficient (Wildman–Crippen LogP) is 8.00. The average Bonchev–Trinajstić information content (AvgIpc) is 3.47. The van der Waals surface area contributed by atoms with E-state index in [9.17, 15) is 26.0 Å². The van der Waals surface area contributed by atoms with Gasteiger partial charge in [0.2, 0.25) is 0 Å². The Bertz CT molecular complexity index is 1800. The molecular weight excluding hydrogens is 652 g/mol. The number of anilines is 1. The largest absolute Gasteiger partial charge is 0.489 e. The van der Waals surface area contributed by atoms with Gasteiger partial charge in [0.15, 0.2) is 0 Å². The van der Waals surface area contributed by atoms with Crippen LogP contribution in [0.1, 0.15) is 30.5 Å². The molecule has 0 saturated heterocycles. The quantitative estimate of drug-likeness (QED) is 0.152. The zero-order valence-electron chi connectivity index (χ0n) is 25.3. The molecule has 0 saturated carbocycles. The van der Waals surface area contributed by atoms with Gasteiger partial charge in [-0.3, -0.25) is 8.99 Å². The molecule has 0 atom stereocenters. The lowest BCUT2D eigenvalue weighted by Gasteiger charge is -2.31. The number of sulfonamides is 1. The molecule has 0 bridgehead atoms. The van der Waals surface area contributed by atoms with Crippen LogP contribution >= 0.6 is 21.6 Å². The van der Waals surface area contributed by atoms with Crippen molar-refractivity contribution in [1.29, 1.82) is 0 Å². The van der Waals surface area contributed by atoms with Gasteiger partial charge >= 0.3 is 6.18 Å². The standard InChI is InChI=1S/C24H18ClF4NO3S.C7H15N3S/c1-15(23-19(25)6-3-7-20(23)26)12-16-8-9-22-21(13-16)30(10-11-33-22)34(31,32)18-5-2-4-17(14-18)24(27,28)29;1-5-10-6-7(8-9-10)11(2,3)4/h2-9,12-14H,10-11H2,1H3;6H,5H2,1-4H3/b15-12+;. The van der Waals surface area contributed by atoms with Crippen molar-refractivity contribution in [2.45, 2.75) is 36.5 Å². The highest BCUT2D eigenvalue weighted by molar-refractivity contribution is 8.32. The van der Waals surface area contributed by atoms with Gasteiger partial charge in [-0.1, -0.05) is 41.1 Å². The van der Waals surface area contributed by atoms with Crippen LogP contribution in [0, 0.1) is 5.82 Å². The van der Waals surface area contributed by atoms with Gasteiger partial charge in [0.05, 0.1) is 33.9 Å². The van der Waals surface area contributed by atoms with Gasteiger partial charge in [0.25, 0.3) is 10.0 Å². The van der Waals surface area contributed by atoms with Crippen LogP contribution in [0.15, 0.2) is 76.8 Å². The maximum atomic E-state index is 14.3. The first kappa shape index (κ1) is 34.3. The molecule has 0 fully saturated rings. The van der Waals surface area contributed by atoms with Crippen LogP contribution in [0.25, 0.3) is 11.6 Å². The molecule has 0 radical (unpaired) electrons. The van der Waals surface area contributed by atoms with Crippen molar-refractivity contribution in [3.63, 3.8) is 0 Å². The van der Waals surface area contributed by atoms with Crippen LogP contribution in [-0.4, -0.2) is 55.3 Å². The van der Waals surface area contributed by atoms with Crippen molar-refractivity contribution in [1.82, 2.24) is 15.0 Å². The van der Waals surface area contributed by atoms with Crippen LogP contribution in [0.5, 0.6) is 5.75 Å². The molecule has 1 aromatic heterocycles. The van der Waals surface area contributed by atoms with E-state index < -0.39 is 42.5 Å². The van der Waals surface area contributed by atoms with Gasteiger partial charge in [-0.15, -0.1) is 5.10 Å². The maximum Gasteiger partial charge on any atom is 0.416 e. The lowest BCUT2D eigenvalue weighted by molar-refractivity contribution is -0.137. The van der Waals surface area contributed by atoms with Crippen LogP contribution in [-0.2, 0) is 22.7 Å². The third-order valence-electron chi connectivity index (χ3n) is 6.76. The van der Waals surface area contributed by atoms with Crippen LogP contribution < -0.4 is 9.04 Å². The summed E-state index contributed by atoms with van der Waals surface area (Å²) in [4.78, 5) is -0.481. The maximum absolute atomic E-state index is 14.3. The number of aromatic nitrogens is 3. The minimum Gasteiger partial charge on any atom is -0.489 e. The van der Waals surface area contributed by atoms with E-state index in [4.69, 9.17) is 16.3 Å². The molecule has 1 aliphatic rings. The van der Waals surface area contributed by atoms with E-state index in [1.807, 2.05) is 10.9 Å². The molecule has 2 heterocycles. The van der Waals surface area contributed by atoms with E-state index in [0.29, 0.717) is 17.2 Å². The third kappa shape index (κ3) is 8.00. The summed E-state index contributed by atoms with van der Waals surface area (Å²) < 4.78 is 88.7. The van der Waals surface area contributed by atoms with E-state index in [0.717, 1.165) is 34.1 Å². The second kappa shape index (κ2) is 13.4. The lowest BCUT2D eigenvalue weighted by atomic mass is 10.0. The minimum atomic E-state index is -4.68. The van der Waals surface area contributed by atoms with Crippen LogP contribution in [0.4, 0.5) is 23.2 Å². The second-order valence-electron chi connectivity index (χ2n) is 10.9. The van der Waals surface area contributed by atoms with E-state index >= 15 is 0 Å². The topological polar surface area (TPSA) is 77.3 Å². The van der Waals surface area contributed by atoms with E-state index in [1.54, 1.807) is 31.2 Å².